The molecular weight excluding hydrogens is 308 g/mol. The molecule has 2 heteroatoms. The molecular formula is C23H32O2. The molecule has 0 unspecified atom stereocenters. The number of rotatable bonds is 1. The topological polar surface area (TPSA) is 26.3 Å². The van der Waals surface area contributed by atoms with E-state index in [4.69, 9.17) is 4.74 Å². The van der Waals surface area contributed by atoms with Crippen molar-refractivity contribution < 1.29 is 9.53 Å². The van der Waals surface area contributed by atoms with Crippen LogP contribution < -0.4 is 0 Å². The van der Waals surface area contributed by atoms with Gasteiger partial charge in [0.05, 0.1) is 0 Å². The summed E-state index contributed by atoms with van der Waals surface area (Å²) in [5.41, 5.74) is 3.99. The van der Waals surface area contributed by atoms with Crippen LogP contribution in [0.3, 0.4) is 0 Å². The molecule has 0 aromatic carbocycles. The molecule has 0 aromatic rings. The highest BCUT2D eigenvalue weighted by atomic mass is 16.5. The zero-order valence-corrected chi connectivity index (χ0v) is 15.9. The fourth-order valence-corrected chi connectivity index (χ4v) is 7.95. The second-order valence-electron chi connectivity index (χ2n) is 9.96. The van der Waals surface area contributed by atoms with Gasteiger partial charge in [0.25, 0.3) is 0 Å². The van der Waals surface area contributed by atoms with Crippen molar-refractivity contribution >= 4 is 5.97 Å². The molecule has 6 atom stereocenters. The van der Waals surface area contributed by atoms with E-state index in [9.17, 15) is 4.79 Å². The second-order valence-corrected chi connectivity index (χ2v) is 9.96. The van der Waals surface area contributed by atoms with Gasteiger partial charge in [-0.3, -0.25) is 0 Å². The molecule has 1 aliphatic heterocycles. The highest BCUT2D eigenvalue weighted by Crippen LogP contribution is 2.67. The Balaban J connectivity index is 1.45. The van der Waals surface area contributed by atoms with E-state index >= 15 is 0 Å². The van der Waals surface area contributed by atoms with Crippen molar-refractivity contribution in [1.82, 2.24) is 0 Å². The largest absolute Gasteiger partial charge is 0.458 e. The lowest BCUT2D eigenvalue weighted by Gasteiger charge is -2.58. The Labute approximate surface area is 152 Å². The molecule has 1 heterocycles. The third-order valence-electron chi connectivity index (χ3n) is 9.16. The fourth-order valence-electron chi connectivity index (χ4n) is 7.95. The molecule has 0 radical (unpaired) electrons. The van der Waals surface area contributed by atoms with E-state index in [0.717, 1.165) is 17.8 Å². The number of hydrogen-bond acceptors (Lipinski definition) is 2. The predicted molar refractivity (Wildman–Crippen MR) is 98.9 cm³/mol. The average molecular weight is 341 g/mol. The van der Waals surface area contributed by atoms with Crippen molar-refractivity contribution in [2.24, 2.45) is 34.5 Å². The van der Waals surface area contributed by atoms with Crippen molar-refractivity contribution in [2.75, 3.05) is 6.61 Å². The Morgan fingerprint density at radius 3 is 2.76 bits per heavy atom. The van der Waals surface area contributed by atoms with Gasteiger partial charge in [-0.1, -0.05) is 25.5 Å². The summed E-state index contributed by atoms with van der Waals surface area (Å²) >= 11 is 0. The van der Waals surface area contributed by atoms with Crippen LogP contribution in [-0.4, -0.2) is 12.6 Å². The van der Waals surface area contributed by atoms with Gasteiger partial charge in [-0.15, -0.1) is 0 Å². The molecule has 0 aromatic heterocycles. The minimum Gasteiger partial charge on any atom is -0.458 e. The molecule has 0 saturated heterocycles. The van der Waals surface area contributed by atoms with Gasteiger partial charge in [-0.2, -0.15) is 0 Å². The minimum absolute atomic E-state index is 0.113. The molecule has 25 heavy (non-hydrogen) atoms. The Morgan fingerprint density at radius 1 is 1.08 bits per heavy atom. The summed E-state index contributed by atoms with van der Waals surface area (Å²) in [6.45, 7) is 5.70. The van der Waals surface area contributed by atoms with Gasteiger partial charge in [-0.05, 0) is 97.9 Å². The maximum absolute atomic E-state index is 11.6. The van der Waals surface area contributed by atoms with Crippen LogP contribution in [0.15, 0.2) is 23.3 Å². The first-order valence-corrected chi connectivity index (χ1v) is 10.6. The summed E-state index contributed by atoms with van der Waals surface area (Å²) in [4.78, 5) is 11.6. The van der Waals surface area contributed by atoms with Crippen LogP contribution in [0.1, 0.15) is 71.6 Å². The number of carbonyl (C=O) groups excluding carboxylic acids is 1. The maximum atomic E-state index is 11.6. The van der Waals surface area contributed by atoms with Crippen molar-refractivity contribution in [3.05, 3.63) is 23.3 Å². The maximum Gasteiger partial charge on any atom is 0.331 e. The first-order valence-electron chi connectivity index (χ1n) is 10.6. The van der Waals surface area contributed by atoms with Gasteiger partial charge in [0, 0.05) is 6.08 Å². The lowest BCUT2D eigenvalue weighted by Crippen LogP contribution is -2.50. The number of cyclic esters (lactones) is 1. The van der Waals surface area contributed by atoms with E-state index in [1.807, 2.05) is 6.08 Å². The molecule has 3 saturated carbocycles. The summed E-state index contributed by atoms with van der Waals surface area (Å²) < 4.78 is 5.26. The predicted octanol–water partition coefficient (Wildman–Crippen LogP) is 5.44. The number of hydrogen-bond donors (Lipinski definition) is 0. The molecule has 0 N–H and O–H groups in total. The van der Waals surface area contributed by atoms with Gasteiger partial charge in [0.15, 0.2) is 0 Å². The van der Waals surface area contributed by atoms with Crippen molar-refractivity contribution in [2.45, 2.75) is 71.6 Å². The van der Waals surface area contributed by atoms with Gasteiger partial charge in [0.2, 0.25) is 0 Å². The SMILES string of the molecule is C[C@]12CC[C@H]3[C@@H](CCC4=CCCC[C@@]43C)[C@H]1CC[C@@H]2C1=CC(=O)OC1. The molecule has 0 spiro atoms. The first-order chi connectivity index (χ1) is 12.0. The van der Waals surface area contributed by atoms with E-state index in [2.05, 4.69) is 19.9 Å². The van der Waals surface area contributed by atoms with Crippen LogP contribution in [0, 0.1) is 34.5 Å². The van der Waals surface area contributed by atoms with Crippen LogP contribution in [0.4, 0.5) is 0 Å². The summed E-state index contributed by atoms with van der Waals surface area (Å²) in [6, 6.07) is 0. The first kappa shape index (κ1) is 16.1. The molecule has 136 valence electrons. The Kier molecular flexibility index (Phi) is 3.53. The van der Waals surface area contributed by atoms with Crippen molar-refractivity contribution in [3.63, 3.8) is 0 Å². The zero-order valence-electron chi connectivity index (χ0n) is 15.9. The number of fused-ring (bicyclic) bond motifs is 5. The van der Waals surface area contributed by atoms with E-state index in [0.29, 0.717) is 23.4 Å². The third-order valence-corrected chi connectivity index (χ3v) is 9.16. The molecule has 2 nitrogen and oxygen atoms in total. The van der Waals surface area contributed by atoms with E-state index < -0.39 is 0 Å². The van der Waals surface area contributed by atoms with E-state index in [-0.39, 0.29) is 5.97 Å². The summed E-state index contributed by atoms with van der Waals surface area (Å²) in [5.74, 6) is 3.13. The van der Waals surface area contributed by atoms with Crippen LogP contribution in [0.25, 0.3) is 0 Å². The molecule has 5 rings (SSSR count). The molecule has 3 fully saturated rings. The van der Waals surface area contributed by atoms with Crippen LogP contribution in [0.5, 0.6) is 0 Å². The summed E-state index contributed by atoms with van der Waals surface area (Å²) in [6.07, 6.45) is 16.7. The highest BCUT2D eigenvalue weighted by molar-refractivity contribution is 5.85. The quantitative estimate of drug-likeness (QED) is 0.469. The van der Waals surface area contributed by atoms with E-state index in [1.165, 1.54) is 63.4 Å². The van der Waals surface area contributed by atoms with Crippen molar-refractivity contribution in [3.8, 4) is 0 Å². The van der Waals surface area contributed by atoms with Gasteiger partial charge in [0.1, 0.15) is 6.61 Å². The number of allylic oxidation sites excluding steroid dienone is 2. The van der Waals surface area contributed by atoms with E-state index in [1.54, 1.807) is 5.57 Å². The Morgan fingerprint density at radius 2 is 1.96 bits per heavy atom. The molecule has 0 amide bonds. The Hall–Kier alpha value is -1.05. The van der Waals surface area contributed by atoms with Gasteiger partial charge in [-0.25, -0.2) is 4.79 Å². The van der Waals surface area contributed by atoms with Crippen LogP contribution in [0.2, 0.25) is 0 Å². The smallest absolute Gasteiger partial charge is 0.331 e. The Bertz CT molecular complexity index is 659. The van der Waals surface area contributed by atoms with Gasteiger partial charge < -0.3 is 4.74 Å². The molecule has 4 aliphatic carbocycles. The van der Waals surface area contributed by atoms with Crippen molar-refractivity contribution in [1.29, 1.82) is 0 Å². The van der Waals surface area contributed by atoms with Crippen LogP contribution in [-0.2, 0) is 9.53 Å². The number of carbonyl (C=O) groups is 1. The second kappa shape index (κ2) is 5.47. The third kappa shape index (κ3) is 2.18. The van der Waals surface area contributed by atoms with Crippen LogP contribution >= 0.6 is 0 Å². The lowest BCUT2D eigenvalue weighted by molar-refractivity contribution is -0.135. The summed E-state index contributed by atoms with van der Waals surface area (Å²) in [7, 11) is 0. The highest BCUT2D eigenvalue weighted by Gasteiger charge is 2.59. The molecule has 5 aliphatic rings. The number of esters is 1. The monoisotopic (exact) mass is 340 g/mol. The lowest BCUT2D eigenvalue weighted by atomic mass is 9.46. The molecule has 0 bridgehead atoms. The zero-order chi connectivity index (χ0) is 17.2. The summed E-state index contributed by atoms with van der Waals surface area (Å²) in [5, 5.41) is 0. The normalized spacial score (nSPS) is 48.8. The average Bonchev–Trinajstić information content (AvgIpc) is 3.16. The standard InChI is InChI=1S/C23H32O2/c1-22-11-4-3-5-16(22)6-7-17-19-9-8-18(15-13-21(24)25-14-15)23(19,2)12-10-20(17)22/h5,13,17-20H,3-4,6-12,14H2,1-2H3/t17-,18+,19+,20-,22-,23+/m0/s1. The van der Waals surface area contributed by atoms with Gasteiger partial charge >= 0.3 is 5.97 Å². The number of ether oxygens (including phenoxy) is 1. The minimum atomic E-state index is -0.113. The fraction of sp³-hybridized carbons (Fsp3) is 0.783.